The third-order valence-electron chi connectivity index (χ3n) is 5.83. The van der Waals surface area contributed by atoms with Crippen LogP contribution in [0.1, 0.15) is 33.3 Å². The van der Waals surface area contributed by atoms with Gasteiger partial charge in [-0.25, -0.2) is 8.42 Å². The van der Waals surface area contributed by atoms with Gasteiger partial charge in [-0.3, -0.25) is 13.9 Å². The molecule has 40 heavy (non-hydrogen) atoms. The second-order valence-electron chi connectivity index (χ2n) is 10.1. The highest BCUT2D eigenvalue weighted by atomic mass is 35.5. The van der Waals surface area contributed by atoms with E-state index in [1.54, 1.807) is 37.3 Å². The van der Waals surface area contributed by atoms with Crippen molar-refractivity contribution in [3.8, 4) is 0 Å². The van der Waals surface area contributed by atoms with Crippen molar-refractivity contribution in [1.82, 2.24) is 10.2 Å². The highest BCUT2D eigenvalue weighted by molar-refractivity contribution is 7.92. The van der Waals surface area contributed by atoms with E-state index in [0.29, 0.717) is 20.6 Å². The minimum atomic E-state index is -4.26. The standard InChI is InChI=1S/C28H29Cl4N3O4S/c1-18(27(37)33-28(2,3)4)34(16-23-24(31)9-6-10-25(23)32)26(36)17-35(21-8-5-7-20(30)15-21)40(38,39)22-13-11-19(29)12-14-22/h5-15,18H,16-17H2,1-4H3,(H,33,37)/t18-/m0/s1. The molecule has 0 aliphatic carbocycles. The number of nitrogens with zero attached hydrogens (tertiary/aromatic N) is 2. The third kappa shape index (κ3) is 8.04. The van der Waals surface area contributed by atoms with Crippen LogP contribution in [0, 0.1) is 0 Å². The molecule has 0 unspecified atom stereocenters. The van der Waals surface area contributed by atoms with E-state index in [0.717, 1.165) is 4.31 Å². The molecule has 0 aliphatic rings. The van der Waals surface area contributed by atoms with Gasteiger partial charge in [0.25, 0.3) is 10.0 Å². The second kappa shape index (κ2) is 13.0. The maximum Gasteiger partial charge on any atom is 0.264 e. The number of carbonyl (C=O) groups excluding carboxylic acids is 2. The number of anilines is 1. The summed E-state index contributed by atoms with van der Waals surface area (Å²) in [6.45, 7) is 6.22. The normalized spacial score (nSPS) is 12.5. The Bertz CT molecular complexity index is 1470. The van der Waals surface area contributed by atoms with Gasteiger partial charge in [-0.1, -0.05) is 58.5 Å². The molecule has 0 saturated carbocycles. The first-order valence-corrected chi connectivity index (χ1v) is 15.1. The first-order valence-electron chi connectivity index (χ1n) is 12.2. The second-order valence-corrected chi connectivity index (χ2v) is 13.6. The van der Waals surface area contributed by atoms with Gasteiger partial charge in [0.2, 0.25) is 11.8 Å². The average Bonchev–Trinajstić information content (AvgIpc) is 2.85. The molecule has 0 spiro atoms. The van der Waals surface area contributed by atoms with Gasteiger partial charge in [0.1, 0.15) is 12.6 Å². The summed E-state index contributed by atoms with van der Waals surface area (Å²) in [5.74, 6) is -1.09. The van der Waals surface area contributed by atoms with Crippen molar-refractivity contribution in [2.45, 2.75) is 50.7 Å². The quantitative estimate of drug-likeness (QED) is 0.277. The Hall–Kier alpha value is -2.49. The van der Waals surface area contributed by atoms with Gasteiger partial charge < -0.3 is 10.2 Å². The van der Waals surface area contributed by atoms with Crippen LogP contribution in [0.3, 0.4) is 0 Å². The van der Waals surface area contributed by atoms with Gasteiger partial charge in [-0.2, -0.15) is 0 Å². The maximum atomic E-state index is 14.0. The van der Waals surface area contributed by atoms with Crippen molar-refractivity contribution in [3.63, 3.8) is 0 Å². The summed E-state index contributed by atoms with van der Waals surface area (Å²) in [5.41, 5.74) is 0.00936. The lowest BCUT2D eigenvalue weighted by Gasteiger charge is -2.33. The van der Waals surface area contributed by atoms with E-state index in [1.165, 1.54) is 41.3 Å². The predicted octanol–water partition coefficient (Wildman–Crippen LogP) is 6.83. The Kier molecular flexibility index (Phi) is 10.4. The lowest BCUT2D eigenvalue weighted by Crippen LogP contribution is -2.54. The molecule has 3 aromatic rings. The summed E-state index contributed by atoms with van der Waals surface area (Å²) in [7, 11) is -4.26. The number of sulfonamides is 1. The summed E-state index contributed by atoms with van der Waals surface area (Å²) in [6.07, 6.45) is 0. The predicted molar refractivity (Wildman–Crippen MR) is 162 cm³/mol. The van der Waals surface area contributed by atoms with Crippen molar-refractivity contribution in [2.75, 3.05) is 10.8 Å². The molecule has 0 heterocycles. The summed E-state index contributed by atoms with van der Waals surface area (Å²) in [6, 6.07) is 15.6. The van der Waals surface area contributed by atoms with Gasteiger partial charge in [0.15, 0.2) is 0 Å². The zero-order valence-electron chi connectivity index (χ0n) is 22.3. The van der Waals surface area contributed by atoms with Crippen LogP contribution in [0.25, 0.3) is 0 Å². The Balaban J connectivity index is 2.08. The van der Waals surface area contributed by atoms with Gasteiger partial charge in [0, 0.05) is 37.7 Å². The van der Waals surface area contributed by atoms with E-state index in [4.69, 9.17) is 46.4 Å². The molecule has 1 atom stereocenters. The fourth-order valence-corrected chi connectivity index (χ4v) is 6.04. The van der Waals surface area contributed by atoms with E-state index in [9.17, 15) is 18.0 Å². The van der Waals surface area contributed by atoms with Gasteiger partial charge in [-0.15, -0.1) is 0 Å². The number of hydrogen-bond acceptors (Lipinski definition) is 4. The number of hydrogen-bond donors (Lipinski definition) is 1. The fraction of sp³-hybridized carbons (Fsp3) is 0.286. The number of rotatable bonds is 9. The molecule has 0 fully saturated rings. The highest BCUT2D eigenvalue weighted by Gasteiger charge is 2.34. The number of carbonyl (C=O) groups is 2. The van der Waals surface area contributed by atoms with E-state index in [-0.39, 0.29) is 22.2 Å². The summed E-state index contributed by atoms with van der Waals surface area (Å²) < 4.78 is 28.6. The minimum absolute atomic E-state index is 0.0797. The van der Waals surface area contributed by atoms with Crippen molar-refractivity contribution < 1.29 is 18.0 Å². The zero-order chi connectivity index (χ0) is 29.8. The molecule has 0 radical (unpaired) electrons. The molecule has 2 amide bonds. The van der Waals surface area contributed by atoms with Crippen molar-refractivity contribution in [3.05, 3.63) is 92.4 Å². The number of amides is 2. The molecule has 3 aromatic carbocycles. The molecule has 0 aromatic heterocycles. The van der Waals surface area contributed by atoms with Gasteiger partial charge in [0.05, 0.1) is 10.6 Å². The van der Waals surface area contributed by atoms with Gasteiger partial charge in [-0.05, 0) is 82.3 Å². The fourth-order valence-electron chi connectivity index (χ4n) is 3.80. The van der Waals surface area contributed by atoms with Crippen molar-refractivity contribution >= 4 is 73.9 Å². The Morgan fingerprint density at radius 2 is 1.45 bits per heavy atom. The van der Waals surface area contributed by atoms with Crippen LogP contribution in [-0.2, 0) is 26.2 Å². The first kappa shape index (κ1) is 32.0. The van der Waals surface area contributed by atoms with Gasteiger partial charge >= 0.3 is 0 Å². The number of nitrogens with one attached hydrogen (secondary N) is 1. The smallest absolute Gasteiger partial charge is 0.264 e. The molecule has 0 aliphatic heterocycles. The topological polar surface area (TPSA) is 86.8 Å². The van der Waals surface area contributed by atoms with Crippen LogP contribution < -0.4 is 9.62 Å². The van der Waals surface area contributed by atoms with E-state index < -0.39 is 40.0 Å². The van der Waals surface area contributed by atoms with E-state index in [1.807, 2.05) is 20.8 Å². The van der Waals surface area contributed by atoms with Crippen LogP contribution >= 0.6 is 46.4 Å². The highest BCUT2D eigenvalue weighted by Crippen LogP contribution is 2.29. The molecule has 214 valence electrons. The first-order chi connectivity index (χ1) is 18.6. The molecule has 0 saturated heterocycles. The largest absolute Gasteiger partial charge is 0.350 e. The Morgan fingerprint density at radius 1 is 0.875 bits per heavy atom. The Labute approximate surface area is 255 Å². The zero-order valence-corrected chi connectivity index (χ0v) is 26.1. The molecule has 7 nitrogen and oxygen atoms in total. The molecular formula is C28H29Cl4N3O4S. The van der Waals surface area contributed by atoms with Crippen LogP contribution in [-0.4, -0.2) is 43.3 Å². The lowest BCUT2D eigenvalue weighted by molar-refractivity contribution is -0.140. The van der Waals surface area contributed by atoms with Crippen LogP contribution in [0.2, 0.25) is 20.1 Å². The van der Waals surface area contributed by atoms with Crippen molar-refractivity contribution in [1.29, 1.82) is 0 Å². The molecule has 12 heteroatoms. The van der Waals surface area contributed by atoms with Crippen LogP contribution in [0.5, 0.6) is 0 Å². The van der Waals surface area contributed by atoms with E-state index >= 15 is 0 Å². The molecule has 0 bridgehead atoms. The minimum Gasteiger partial charge on any atom is -0.350 e. The maximum absolute atomic E-state index is 14.0. The number of halogens is 4. The van der Waals surface area contributed by atoms with Crippen LogP contribution in [0.15, 0.2) is 71.6 Å². The van der Waals surface area contributed by atoms with E-state index in [2.05, 4.69) is 5.32 Å². The van der Waals surface area contributed by atoms with Crippen LogP contribution in [0.4, 0.5) is 5.69 Å². The summed E-state index contributed by atoms with van der Waals surface area (Å²) >= 11 is 25.0. The molecule has 1 N–H and O–H groups in total. The monoisotopic (exact) mass is 643 g/mol. The SMILES string of the molecule is C[C@@H](C(=O)NC(C)(C)C)N(Cc1c(Cl)cccc1Cl)C(=O)CN(c1cccc(Cl)c1)S(=O)(=O)c1ccc(Cl)cc1. The summed E-state index contributed by atoms with van der Waals surface area (Å²) in [5, 5.41) is 4.09. The molecule has 3 rings (SSSR count). The lowest BCUT2D eigenvalue weighted by atomic mass is 10.1. The third-order valence-corrected chi connectivity index (χ3v) is 8.82. The summed E-state index contributed by atoms with van der Waals surface area (Å²) in [4.78, 5) is 28.3. The Morgan fingerprint density at radius 3 is 2.00 bits per heavy atom. The number of benzene rings is 3. The molecular weight excluding hydrogens is 616 g/mol. The average molecular weight is 645 g/mol. The van der Waals surface area contributed by atoms with Crippen molar-refractivity contribution in [2.24, 2.45) is 0 Å².